The van der Waals surface area contributed by atoms with Gasteiger partial charge in [-0.1, -0.05) is 65.5 Å². The van der Waals surface area contributed by atoms with Gasteiger partial charge in [-0.15, -0.1) is 0 Å². The third-order valence-electron chi connectivity index (χ3n) is 13.7. The summed E-state index contributed by atoms with van der Waals surface area (Å²) < 4.78 is 4.83. The highest BCUT2D eigenvalue weighted by Gasteiger charge is 2.65. The number of carbonyl (C=O) groups is 4. The second-order valence-electron chi connectivity index (χ2n) is 18.7. The molecule has 2 saturated carbocycles. The van der Waals surface area contributed by atoms with Gasteiger partial charge >= 0.3 is 12.2 Å². The van der Waals surface area contributed by atoms with Crippen molar-refractivity contribution in [3.8, 4) is 11.8 Å². The molecular formula is C46H52N8O6. The van der Waals surface area contributed by atoms with E-state index in [0.717, 1.165) is 80.4 Å². The number of alkyl carbamates (subject to hydrolysis) is 1. The quantitative estimate of drug-likeness (QED) is 0.120. The number of H-pyrrole nitrogens is 2. The highest BCUT2D eigenvalue weighted by Crippen LogP contribution is 2.64. The molecule has 0 bridgehead atoms. The second-order valence-corrected chi connectivity index (χ2v) is 18.7. The number of aromatic nitrogens is 4. The minimum atomic E-state index is -1.12. The first-order chi connectivity index (χ1) is 28.5. The molecule has 4 N–H and O–H groups in total. The summed E-state index contributed by atoms with van der Waals surface area (Å²) in [4.78, 5) is 74.2. The van der Waals surface area contributed by atoms with E-state index < -0.39 is 24.3 Å². The summed E-state index contributed by atoms with van der Waals surface area (Å²) in [6.07, 6.45) is 1.64. The number of rotatable bonds is 8. The van der Waals surface area contributed by atoms with E-state index in [1.165, 1.54) is 14.2 Å². The van der Waals surface area contributed by atoms with Crippen molar-refractivity contribution < 1.29 is 29.0 Å². The van der Waals surface area contributed by atoms with Crippen molar-refractivity contribution in [1.29, 1.82) is 0 Å². The Kier molecular flexibility index (Phi) is 9.18. The molecule has 2 unspecified atom stereocenters. The third-order valence-corrected chi connectivity index (χ3v) is 13.7. The van der Waals surface area contributed by atoms with Gasteiger partial charge in [-0.05, 0) is 90.1 Å². The number of nitrogens with zero attached hydrogens (tertiary/aromatic N) is 5. The highest BCUT2D eigenvalue weighted by atomic mass is 16.5. The van der Waals surface area contributed by atoms with Gasteiger partial charge in [-0.25, -0.2) is 19.6 Å². The van der Waals surface area contributed by atoms with Gasteiger partial charge in [0.15, 0.2) is 0 Å². The van der Waals surface area contributed by atoms with Crippen molar-refractivity contribution in [3.63, 3.8) is 0 Å². The number of imidazole rings is 2. The van der Waals surface area contributed by atoms with E-state index in [1.54, 1.807) is 0 Å². The molecule has 4 amide bonds. The summed E-state index contributed by atoms with van der Waals surface area (Å²) in [6.45, 7) is 12.0. The number of methoxy groups -OCH3 is 1. The number of likely N-dealkylation sites (tertiary alicyclic amines) is 2. The number of hydrogen-bond acceptors (Lipinski definition) is 7. The Morgan fingerprint density at radius 3 is 2.03 bits per heavy atom. The average Bonchev–Trinajstić information content (AvgIpc) is 3.69. The van der Waals surface area contributed by atoms with Crippen LogP contribution in [0.3, 0.4) is 0 Å². The predicted octanol–water partition coefficient (Wildman–Crippen LogP) is 7.11. The van der Waals surface area contributed by atoms with Gasteiger partial charge in [0.2, 0.25) is 11.8 Å². The number of piperidine rings is 2. The van der Waals surface area contributed by atoms with Gasteiger partial charge < -0.3 is 34.9 Å². The van der Waals surface area contributed by atoms with Gasteiger partial charge in [0.1, 0.15) is 23.7 Å². The van der Waals surface area contributed by atoms with Crippen LogP contribution in [0.5, 0.6) is 0 Å². The predicted molar refractivity (Wildman–Crippen MR) is 226 cm³/mol. The Morgan fingerprint density at radius 2 is 1.42 bits per heavy atom. The number of nitrogens with one attached hydrogen (secondary N) is 3. The van der Waals surface area contributed by atoms with Crippen LogP contribution in [0.2, 0.25) is 0 Å². The van der Waals surface area contributed by atoms with Crippen LogP contribution < -0.4 is 5.32 Å². The van der Waals surface area contributed by atoms with Crippen LogP contribution in [0, 0.1) is 34.5 Å². The molecule has 0 radical (unpaired) electrons. The molecule has 2 aliphatic carbocycles. The highest BCUT2D eigenvalue weighted by molar-refractivity contribution is 6.04. The van der Waals surface area contributed by atoms with Crippen molar-refractivity contribution in [3.05, 3.63) is 71.3 Å². The summed E-state index contributed by atoms with van der Waals surface area (Å²) in [7, 11) is 2.77. The van der Waals surface area contributed by atoms with E-state index in [2.05, 4.69) is 53.1 Å². The first-order valence-corrected chi connectivity index (χ1v) is 20.9. The second kappa shape index (κ2) is 14.0. The summed E-state index contributed by atoms with van der Waals surface area (Å²) in [5.41, 5.74) is 4.98. The Hall–Kier alpha value is -6.10. The monoisotopic (exact) mass is 812 g/mol. The minimum Gasteiger partial charge on any atom is -0.465 e. The number of carboxylic acid groups (broad SMARTS) is 1. The fourth-order valence-corrected chi connectivity index (χ4v) is 10.2. The van der Waals surface area contributed by atoms with E-state index in [4.69, 9.17) is 14.7 Å². The molecule has 14 nitrogen and oxygen atoms in total. The Balaban J connectivity index is 0.954. The lowest BCUT2D eigenvalue weighted by Gasteiger charge is -2.35. The maximum atomic E-state index is 14.0. The van der Waals surface area contributed by atoms with Gasteiger partial charge in [0, 0.05) is 35.6 Å². The molecular weight excluding hydrogens is 761 g/mol. The number of aromatic amines is 2. The van der Waals surface area contributed by atoms with Crippen molar-refractivity contribution in [2.24, 2.45) is 22.7 Å². The van der Waals surface area contributed by atoms with Crippen molar-refractivity contribution >= 4 is 56.8 Å². The van der Waals surface area contributed by atoms with Crippen molar-refractivity contribution in [2.75, 3.05) is 14.2 Å². The molecule has 2 aliphatic heterocycles. The number of fused-ring (bicyclic) bond motifs is 6. The molecule has 2 aromatic heterocycles. The average molecular weight is 813 g/mol. The lowest BCUT2D eigenvalue weighted by atomic mass is 9.99. The van der Waals surface area contributed by atoms with Crippen molar-refractivity contribution in [1.82, 2.24) is 40.0 Å². The SMILES string of the molecule is COC(=O)N[C@H](C(=O)N1C2C[C@@]2(C)C[C@H]1c1nc2c(ccc3cc(C#Cc4ccc5nc([C@@H]6C[C@@]7(C)CC7N6C(=O)[C@H](C(C)C)N(C)C(=O)O)[nH]c5c4)ccc32)[nH]1)C(C)C. The number of likely N-dealkylation sites (N-methyl/N-ethyl adjacent to an activating group) is 1. The van der Waals surface area contributed by atoms with E-state index in [1.807, 2.05) is 73.9 Å². The normalized spacial score (nSPS) is 26.2. The number of ether oxygens (including phenoxy) is 1. The summed E-state index contributed by atoms with van der Waals surface area (Å²) in [6, 6.07) is 14.2. The first-order valence-electron chi connectivity index (χ1n) is 20.9. The molecule has 14 heteroatoms. The smallest absolute Gasteiger partial charge is 0.407 e. The van der Waals surface area contributed by atoms with Gasteiger partial charge in [0.05, 0.1) is 41.3 Å². The molecule has 2 saturated heterocycles. The minimum absolute atomic E-state index is 0.0103. The zero-order valence-electron chi connectivity index (χ0n) is 35.3. The van der Waals surface area contributed by atoms with Crippen molar-refractivity contribution in [2.45, 2.75) is 103 Å². The maximum absolute atomic E-state index is 14.0. The Bertz CT molecular complexity index is 2670. The van der Waals surface area contributed by atoms with E-state index in [0.29, 0.717) is 5.82 Å². The molecule has 60 heavy (non-hydrogen) atoms. The molecule has 4 aliphatic rings. The van der Waals surface area contributed by atoms with Crippen LogP contribution in [0.4, 0.5) is 9.59 Å². The summed E-state index contributed by atoms with van der Waals surface area (Å²) >= 11 is 0. The standard InChI is InChI=1S/C46H52N8O6/c1-23(2)36(51-43(57)60-8)41(55)53-33(20-45(5)21-34(45)53)40-48-30-16-13-27-17-25(11-14-28(27)37(30)50-40)9-10-26-12-15-29-31(18-26)49-39(47-29)32-19-46(6)22-35(46)54(32)42(56)38(24(3)4)52(7)44(58)59/h11-18,23-24,32-36,38H,19-22H2,1-8H3,(H,47,49)(H,48,50)(H,51,57)(H,58,59)/t32-,33-,34?,35?,36-,38-,45+,46-/m0/s1. The van der Waals surface area contributed by atoms with Gasteiger partial charge in [0.25, 0.3) is 0 Å². The topological polar surface area (TPSA) is 177 Å². The van der Waals surface area contributed by atoms with Crippen LogP contribution in [0.1, 0.15) is 102 Å². The zero-order chi connectivity index (χ0) is 42.6. The van der Waals surface area contributed by atoms with Crippen LogP contribution >= 0.6 is 0 Å². The number of benzene rings is 3. The van der Waals surface area contributed by atoms with E-state index in [9.17, 15) is 24.3 Å². The molecule has 4 heterocycles. The largest absolute Gasteiger partial charge is 0.465 e. The lowest BCUT2D eigenvalue weighted by molar-refractivity contribution is -0.140. The van der Waals surface area contributed by atoms with Gasteiger partial charge in [-0.2, -0.15) is 0 Å². The third kappa shape index (κ3) is 6.49. The van der Waals surface area contributed by atoms with Crippen LogP contribution in [-0.2, 0) is 14.3 Å². The molecule has 9 rings (SSSR count). The molecule has 312 valence electrons. The molecule has 8 atom stereocenters. The number of amides is 4. The maximum Gasteiger partial charge on any atom is 0.407 e. The van der Waals surface area contributed by atoms with E-state index in [-0.39, 0.29) is 58.6 Å². The number of carbonyl (C=O) groups excluding carboxylic acids is 3. The molecule has 0 spiro atoms. The first kappa shape index (κ1) is 39.4. The molecule has 5 aromatic rings. The van der Waals surface area contributed by atoms with Crippen LogP contribution in [0.25, 0.3) is 32.8 Å². The van der Waals surface area contributed by atoms with Crippen LogP contribution in [-0.4, -0.2) is 102 Å². The zero-order valence-corrected chi connectivity index (χ0v) is 35.3. The molecule has 3 aromatic carbocycles. The van der Waals surface area contributed by atoms with Crippen LogP contribution in [0.15, 0.2) is 48.5 Å². The Morgan fingerprint density at radius 1 is 0.817 bits per heavy atom. The fraction of sp³-hybridized carbons (Fsp3) is 0.478. The number of hydrogen-bond donors (Lipinski definition) is 4. The summed E-state index contributed by atoms with van der Waals surface area (Å²) in [5, 5.41) is 14.5. The Labute approximate surface area is 348 Å². The molecule has 4 fully saturated rings. The van der Waals surface area contributed by atoms with Gasteiger partial charge in [-0.3, -0.25) is 14.5 Å². The fourth-order valence-electron chi connectivity index (χ4n) is 10.2. The lowest BCUT2D eigenvalue weighted by Crippen LogP contribution is -2.52. The summed E-state index contributed by atoms with van der Waals surface area (Å²) in [5.74, 6) is 7.48. The van der Waals surface area contributed by atoms with E-state index >= 15 is 0 Å².